The van der Waals surface area contributed by atoms with Gasteiger partial charge >= 0.3 is 0 Å². The van der Waals surface area contributed by atoms with Gasteiger partial charge in [0, 0.05) is 23.8 Å². The van der Waals surface area contributed by atoms with Crippen LogP contribution in [0.2, 0.25) is 0 Å². The van der Waals surface area contributed by atoms with Gasteiger partial charge < -0.3 is 10.6 Å². The Labute approximate surface area is 140 Å². The van der Waals surface area contributed by atoms with Crippen LogP contribution in [0, 0.1) is 0 Å². The molecule has 0 saturated heterocycles. The first-order valence-corrected chi connectivity index (χ1v) is 7.80. The molecule has 6 nitrogen and oxygen atoms in total. The monoisotopic (exact) mass is 321 g/mol. The van der Waals surface area contributed by atoms with Gasteiger partial charge in [-0.15, -0.1) is 0 Å². The van der Waals surface area contributed by atoms with E-state index in [2.05, 4.69) is 26.0 Å². The van der Waals surface area contributed by atoms with Crippen molar-refractivity contribution in [2.45, 2.75) is 13.0 Å². The van der Waals surface area contributed by atoms with Crippen molar-refractivity contribution in [3.8, 4) is 11.3 Å². The molecule has 1 atom stereocenters. The number of H-pyrrole nitrogens is 1. The molecule has 0 bridgehead atoms. The van der Waals surface area contributed by atoms with E-state index in [1.807, 2.05) is 67.6 Å². The molecule has 0 aliphatic rings. The van der Waals surface area contributed by atoms with Crippen molar-refractivity contribution in [1.29, 1.82) is 0 Å². The van der Waals surface area contributed by atoms with E-state index in [4.69, 9.17) is 0 Å². The summed E-state index contributed by atoms with van der Waals surface area (Å²) in [7, 11) is 0. The molecule has 0 fully saturated rings. The summed E-state index contributed by atoms with van der Waals surface area (Å²) in [4.78, 5) is 12.5. The predicted molar refractivity (Wildman–Crippen MR) is 93.7 cm³/mol. The lowest BCUT2D eigenvalue weighted by atomic mass is 10.1. The van der Waals surface area contributed by atoms with Gasteiger partial charge in [-0.1, -0.05) is 48.5 Å². The minimum absolute atomic E-state index is 0.0574. The van der Waals surface area contributed by atoms with Gasteiger partial charge in [-0.2, -0.15) is 15.4 Å². The van der Waals surface area contributed by atoms with Crippen LogP contribution in [0.1, 0.15) is 17.4 Å². The molecule has 1 aromatic heterocycles. The Hall–Kier alpha value is -3.15. The number of hydrogen-bond donors (Lipinski definition) is 3. The Balaban J connectivity index is 1.62. The second kappa shape index (κ2) is 7.41. The standard InChI is InChI=1S/C18H19N5O/c1-13(12-19-15-10-6-3-7-11-15)20-18(24)17-16(21-23-22-17)14-8-4-2-5-9-14/h2-11,13,19H,12H2,1H3,(H,20,24)(H,21,22,23). The average molecular weight is 321 g/mol. The van der Waals surface area contributed by atoms with Gasteiger partial charge in [-0.25, -0.2) is 0 Å². The van der Waals surface area contributed by atoms with Crippen LogP contribution in [-0.2, 0) is 0 Å². The molecule has 3 rings (SSSR count). The summed E-state index contributed by atoms with van der Waals surface area (Å²) in [6, 6.07) is 19.3. The summed E-state index contributed by atoms with van der Waals surface area (Å²) in [6.45, 7) is 2.56. The summed E-state index contributed by atoms with van der Waals surface area (Å²) in [6.07, 6.45) is 0. The van der Waals surface area contributed by atoms with Crippen molar-refractivity contribution in [2.75, 3.05) is 11.9 Å². The average Bonchev–Trinajstić information content (AvgIpc) is 3.11. The third kappa shape index (κ3) is 3.78. The summed E-state index contributed by atoms with van der Waals surface area (Å²) in [5, 5.41) is 16.8. The van der Waals surface area contributed by atoms with Gasteiger partial charge in [0.2, 0.25) is 0 Å². The largest absolute Gasteiger partial charge is 0.383 e. The van der Waals surface area contributed by atoms with Crippen molar-refractivity contribution in [2.24, 2.45) is 0 Å². The molecule has 1 unspecified atom stereocenters. The number of carbonyl (C=O) groups excluding carboxylic acids is 1. The SMILES string of the molecule is CC(CNc1ccccc1)NC(=O)c1n[nH]nc1-c1ccccc1. The van der Waals surface area contributed by atoms with E-state index in [-0.39, 0.29) is 11.9 Å². The quantitative estimate of drug-likeness (QED) is 0.652. The minimum atomic E-state index is -0.245. The fourth-order valence-electron chi connectivity index (χ4n) is 2.36. The molecule has 24 heavy (non-hydrogen) atoms. The molecule has 3 N–H and O–H groups in total. The third-order valence-electron chi connectivity index (χ3n) is 3.57. The Morgan fingerprint density at radius 1 is 1.04 bits per heavy atom. The highest BCUT2D eigenvalue weighted by atomic mass is 16.2. The topological polar surface area (TPSA) is 82.7 Å². The molecule has 3 aromatic rings. The molecular formula is C18H19N5O. The number of rotatable bonds is 6. The second-order valence-corrected chi connectivity index (χ2v) is 5.51. The van der Waals surface area contributed by atoms with Gasteiger partial charge in [-0.3, -0.25) is 4.79 Å². The number of para-hydroxylation sites is 1. The number of carbonyl (C=O) groups is 1. The fourth-order valence-corrected chi connectivity index (χ4v) is 2.36. The maximum Gasteiger partial charge on any atom is 0.274 e. The van der Waals surface area contributed by atoms with Crippen LogP contribution in [0.15, 0.2) is 60.7 Å². The van der Waals surface area contributed by atoms with Crippen LogP contribution in [-0.4, -0.2) is 33.9 Å². The zero-order valence-corrected chi connectivity index (χ0v) is 13.4. The lowest BCUT2D eigenvalue weighted by molar-refractivity contribution is 0.0937. The Morgan fingerprint density at radius 3 is 2.42 bits per heavy atom. The molecule has 1 amide bonds. The van der Waals surface area contributed by atoms with Crippen LogP contribution in [0.4, 0.5) is 5.69 Å². The van der Waals surface area contributed by atoms with Crippen molar-refractivity contribution in [3.05, 3.63) is 66.4 Å². The number of aromatic amines is 1. The Morgan fingerprint density at radius 2 is 1.71 bits per heavy atom. The van der Waals surface area contributed by atoms with Crippen LogP contribution in [0.3, 0.4) is 0 Å². The molecule has 1 heterocycles. The van der Waals surface area contributed by atoms with E-state index in [1.54, 1.807) is 0 Å². The van der Waals surface area contributed by atoms with Crippen LogP contribution >= 0.6 is 0 Å². The van der Waals surface area contributed by atoms with Crippen molar-refractivity contribution in [3.63, 3.8) is 0 Å². The van der Waals surface area contributed by atoms with Crippen LogP contribution < -0.4 is 10.6 Å². The van der Waals surface area contributed by atoms with Crippen LogP contribution in [0.5, 0.6) is 0 Å². The zero-order chi connectivity index (χ0) is 16.8. The Bertz CT molecular complexity index is 785. The molecule has 0 saturated carbocycles. The molecular weight excluding hydrogens is 302 g/mol. The van der Waals surface area contributed by atoms with Gasteiger partial charge in [-0.05, 0) is 19.1 Å². The van der Waals surface area contributed by atoms with Gasteiger partial charge in [0.15, 0.2) is 5.69 Å². The first-order chi connectivity index (χ1) is 11.7. The number of hydrogen-bond acceptors (Lipinski definition) is 4. The molecule has 122 valence electrons. The number of amides is 1. The second-order valence-electron chi connectivity index (χ2n) is 5.51. The predicted octanol–water partition coefficient (Wildman–Crippen LogP) is 2.70. The summed E-state index contributed by atoms with van der Waals surface area (Å²) in [5.74, 6) is -0.245. The Kier molecular flexibility index (Phi) is 4.86. The van der Waals surface area contributed by atoms with E-state index in [0.717, 1.165) is 11.3 Å². The van der Waals surface area contributed by atoms with Crippen molar-refractivity contribution in [1.82, 2.24) is 20.7 Å². The highest BCUT2D eigenvalue weighted by Crippen LogP contribution is 2.18. The first-order valence-electron chi connectivity index (χ1n) is 7.80. The van der Waals surface area contributed by atoms with E-state index in [0.29, 0.717) is 17.9 Å². The third-order valence-corrected chi connectivity index (χ3v) is 3.57. The number of nitrogens with zero attached hydrogens (tertiary/aromatic N) is 2. The summed E-state index contributed by atoms with van der Waals surface area (Å²) in [5.41, 5.74) is 2.72. The summed E-state index contributed by atoms with van der Waals surface area (Å²) < 4.78 is 0. The van der Waals surface area contributed by atoms with Crippen LogP contribution in [0.25, 0.3) is 11.3 Å². The first kappa shape index (κ1) is 15.7. The smallest absolute Gasteiger partial charge is 0.274 e. The lowest BCUT2D eigenvalue weighted by Gasteiger charge is -2.15. The number of anilines is 1. The number of benzene rings is 2. The van der Waals surface area contributed by atoms with E-state index < -0.39 is 0 Å². The molecule has 0 aliphatic heterocycles. The van der Waals surface area contributed by atoms with E-state index >= 15 is 0 Å². The summed E-state index contributed by atoms with van der Waals surface area (Å²) >= 11 is 0. The lowest BCUT2D eigenvalue weighted by Crippen LogP contribution is -2.37. The van der Waals surface area contributed by atoms with Gasteiger partial charge in [0.05, 0.1) is 0 Å². The highest BCUT2D eigenvalue weighted by molar-refractivity contribution is 5.98. The van der Waals surface area contributed by atoms with Crippen molar-refractivity contribution >= 4 is 11.6 Å². The zero-order valence-electron chi connectivity index (χ0n) is 13.4. The van der Waals surface area contributed by atoms with Crippen molar-refractivity contribution < 1.29 is 4.79 Å². The van der Waals surface area contributed by atoms with E-state index in [9.17, 15) is 4.79 Å². The maximum atomic E-state index is 12.5. The normalized spacial score (nSPS) is 11.7. The molecule has 0 spiro atoms. The van der Waals surface area contributed by atoms with Gasteiger partial charge in [0.25, 0.3) is 5.91 Å². The van der Waals surface area contributed by atoms with E-state index in [1.165, 1.54) is 0 Å². The molecule has 0 radical (unpaired) electrons. The number of aromatic nitrogens is 3. The molecule has 2 aromatic carbocycles. The molecule has 0 aliphatic carbocycles. The number of nitrogens with one attached hydrogen (secondary N) is 3. The molecule has 6 heteroatoms. The fraction of sp³-hybridized carbons (Fsp3) is 0.167. The maximum absolute atomic E-state index is 12.5. The van der Waals surface area contributed by atoms with Gasteiger partial charge in [0.1, 0.15) is 5.69 Å². The highest BCUT2D eigenvalue weighted by Gasteiger charge is 2.19. The minimum Gasteiger partial charge on any atom is -0.383 e.